The lowest BCUT2D eigenvalue weighted by atomic mass is 10.2. The van der Waals surface area contributed by atoms with Gasteiger partial charge in [0.05, 0.1) is 26.1 Å². The highest BCUT2D eigenvalue weighted by Crippen LogP contribution is 2.35. The van der Waals surface area contributed by atoms with Gasteiger partial charge < -0.3 is 14.3 Å². The van der Waals surface area contributed by atoms with Crippen molar-refractivity contribution in [2.24, 2.45) is 5.10 Å². The standard InChI is InChI=1S/C26H16Br2ClN3O5/c1-13(26(34)35)36-23-18(27)8-14(9-19(23)28)12-30-32-24(31-20-5-3-2-4-17(20)25(32)33)22-11-15-10-16(29)6-7-21(15)37-22/h2-13H,1H3,(H,34,35)/t13-/m0/s1. The largest absolute Gasteiger partial charge is 0.479 e. The van der Waals surface area contributed by atoms with Gasteiger partial charge in [-0.3, -0.25) is 4.79 Å². The lowest BCUT2D eigenvalue weighted by molar-refractivity contribution is -0.144. The van der Waals surface area contributed by atoms with Crippen LogP contribution in [0.2, 0.25) is 5.02 Å². The van der Waals surface area contributed by atoms with Crippen LogP contribution in [0.1, 0.15) is 12.5 Å². The summed E-state index contributed by atoms with van der Waals surface area (Å²) in [5.41, 5.74) is 1.34. The molecule has 1 atom stereocenters. The SMILES string of the molecule is C[C@H](Oc1c(Br)cc(C=Nn2c(-c3cc4cc(Cl)ccc4o3)nc3ccccc3c2=O)cc1Br)C(=O)O. The van der Waals surface area contributed by atoms with Crippen LogP contribution in [-0.2, 0) is 4.79 Å². The van der Waals surface area contributed by atoms with E-state index in [0.717, 1.165) is 5.39 Å². The summed E-state index contributed by atoms with van der Waals surface area (Å²) in [6.45, 7) is 1.43. The molecular weight excluding hydrogens is 630 g/mol. The number of carbonyl (C=O) groups is 1. The Kier molecular flexibility index (Phi) is 6.89. The second-order valence-corrected chi connectivity index (χ2v) is 10.2. The Balaban J connectivity index is 1.62. The second kappa shape index (κ2) is 10.1. The molecule has 5 aromatic rings. The average molecular weight is 646 g/mol. The van der Waals surface area contributed by atoms with Crippen LogP contribution in [0, 0.1) is 0 Å². The summed E-state index contributed by atoms with van der Waals surface area (Å²) in [5, 5.41) is 15.3. The molecule has 0 radical (unpaired) electrons. The summed E-state index contributed by atoms with van der Waals surface area (Å²) in [6.07, 6.45) is 0.441. The quantitative estimate of drug-likeness (QED) is 0.206. The zero-order valence-electron chi connectivity index (χ0n) is 19.0. The van der Waals surface area contributed by atoms with Gasteiger partial charge in [-0.25, -0.2) is 9.78 Å². The first-order valence-electron chi connectivity index (χ1n) is 10.9. The molecule has 0 aliphatic carbocycles. The fraction of sp³-hybridized carbons (Fsp3) is 0.0769. The fourth-order valence-corrected chi connectivity index (χ4v) is 5.22. The van der Waals surface area contributed by atoms with Crippen LogP contribution in [0.15, 0.2) is 83.9 Å². The number of aliphatic carboxylic acids is 1. The summed E-state index contributed by atoms with van der Waals surface area (Å²) in [4.78, 5) is 29.3. The second-order valence-electron chi connectivity index (χ2n) is 8.02. The molecule has 5 rings (SSSR count). The van der Waals surface area contributed by atoms with Crippen LogP contribution in [0.4, 0.5) is 0 Å². The zero-order valence-corrected chi connectivity index (χ0v) is 22.9. The highest BCUT2D eigenvalue weighted by molar-refractivity contribution is 9.11. The van der Waals surface area contributed by atoms with Crippen molar-refractivity contribution in [1.82, 2.24) is 9.66 Å². The van der Waals surface area contributed by atoms with E-state index < -0.39 is 12.1 Å². The number of furan rings is 1. The summed E-state index contributed by atoms with van der Waals surface area (Å²) >= 11 is 12.9. The van der Waals surface area contributed by atoms with Crippen molar-refractivity contribution >= 4 is 77.5 Å². The van der Waals surface area contributed by atoms with Crippen LogP contribution >= 0.6 is 43.5 Å². The summed E-state index contributed by atoms with van der Waals surface area (Å²) in [5.74, 6) is -0.183. The van der Waals surface area contributed by atoms with Gasteiger partial charge in [0, 0.05) is 10.4 Å². The van der Waals surface area contributed by atoms with E-state index in [-0.39, 0.29) is 11.4 Å². The third-order valence-electron chi connectivity index (χ3n) is 5.44. The molecule has 37 heavy (non-hydrogen) atoms. The number of ether oxygens (including phenoxy) is 1. The number of para-hydroxylation sites is 1. The van der Waals surface area contributed by atoms with Crippen molar-refractivity contribution in [3.05, 3.63) is 90.5 Å². The molecule has 2 heterocycles. The van der Waals surface area contributed by atoms with Crippen LogP contribution < -0.4 is 10.3 Å². The molecule has 0 unspecified atom stereocenters. The molecule has 0 fully saturated rings. The predicted octanol–water partition coefficient (Wildman–Crippen LogP) is 6.72. The van der Waals surface area contributed by atoms with Crippen molar-refractivity contribution in [2.75, 3.05) is 0 Å². The number of nitrogens with zero attached hydrogens (tertiary/aromatic N) is 3. The molecule has 0 amide bonds. The minimum Gasteiger partial charge on any atom is -0.479 e. The Morgan fingerprint density at radius 2 is 1.89 bits per heavy atom. The van der Waals surface area contributed by atoms with E-state index in [1.807, 2.05) is 0 Å². The summed E-state index contributed by atoms with van der Waals surface area (Å²) in [7, 11) is 0. The van der Waals surface area contributed by atoms with Gasteiger partial charge in [0.25, 0.3) is 5.56 Å². The molecule has 8 nitrogen and oxygen atoms in total. The number of halogens is 3. The zero-order chi connectivity index (χ0) is 26.3. The maximum atomic E-state index is 13.4. The van der Waals surface area contributed by atoms with Crippen molar-refractivity contribution in [1.29, 1.82) is 0 Å². The highest BCUT2D eigenvalue weighted by Gasteiger charge is 2.19. The Hall–Kier alpha value is -3.47. The van der Waals surface area contributed by atoms with Crippen LogP contribution in [-0.4, -0.2) is 33.1 Å². The number of benzene rings is 3. The Labute approximate surface area is 231 Å². The van der Waals surface area contributed by atoms with Crippen molar-refractivity contribution in [2.45, 2.75) is 13.0 Å². The Bertz CT molecular complexity index is 1760. The molecule has 1 N–H and O–H groups in total. The molecule has 0 aliphatic heterocycles. The van der Waals surface area contributed by atoms with Gasteiger partial charge in [-0.15, -0.1) is 0 Å². The van der Waals surface area contributed by atoms with E-state index in [1.54, 1.807) is 60.7 Å². The monoisotopic (exact) mass is 643 g/mol. The van der Waals surface area contributed by atoms with Gasteiger partial charge in [0.1, 0.15) is 11.3 Å². The third-order valence-corrected chi connectivity index (χ3v) is 6.85. The average Bonchev–Trinajstić information content (AvgIpc) is 3.28. The van der Waals surface area contributed by atoms with Gasteiger partial charge in [-0.2, -0.15) is 9.78 Å². The molecule has 186 valence electrons. The number of hydrogen-bond acceptors (Lipinski definition) is 6. The van der Waals surface area contributed by atoms with E-state index in [1.165, 1.54) is 17.8 Å². The lowest BCUT2D eigenvalue weighted by Crippen LogP contribution is -2.23. The van der Waals surface area contributed by atoms with Gasteiger partial charge in [0.2, 0.25) is 5.82 Å². The van der Waals surface area contributed by atoms with Gasteiger partial charge in [-0.1, -0.05) is 23.7 Å². The number of carboxylic acid groups (broad SMARTS) is 1. The molecule has 0 spiro atoms. The van der Waals surface area contributed by atoms with Crippen molar-refractivity contribution in [3.8, 4) is 17.3 Å². The van der Waals surface area contributed by atoms with E-state index in [4.69, 9.17) is 25.9 Å². The number of fused-ring (bicyclic) bond motifs is 2. The minimum absolute atomic E-state index is 0.223. The van der Waals surface area contributed by atoms with E-state index in [2.05, 4.69) is 41.9 Å². The first-order chi connectivity index (χ1) is 17.7. The summed E-state index contributed by atoms with van der Waals surface area (Å²) < 4.78 is 13.7. The maximum Gasteiger partial charge on any atom is 0.344 e. The predicted molar refractivity (Wildman–Crippen MR) is 149 cm³/mol. The molecule has 0 bridgehead atoms. The first-order valence-corrected chi connectivity index (χ1v) is 12.8. The minimum atomic E-state index is -1.09. The smallest absolute Gasteiger partial charge is 0.344 e. The molecule has 2 aromatic heterocycles. The van der Waals surface area contributed by atoms with E-state index >= 15 is 0 Å². The van der Waals surface area contributed by atoms with Crippen molar-refractivity contribution < 1.29 is 19.1 Å². The first kappa shape index (κ1) is 25.2. The Morgan fingerprint density at radius 1 is 1.16 bits per heavy atom. The molecule has 0 saturated heterocycles. The van der Waals surface area contributed by atoms with Gasteiger partial charge >= 0.3 is 5.97 Å². The molecule has 3 aromatic carbocycles. The molecule has 0 aliphatic rings. The number of rotatable bonds is 6. The van der Waals surface area contributed by atoms with E-state index in [0.29, 0.717) is 47.5 Å². The highest BCUT2D eigenvalue weighted by atomic mass is 79.9. The lowest BCUT2D eigenvalue weighted by Gasteiger charge is -2.14. The van der Waals surface area contributed by atoms with Gasteiger partial charge in [0.15, 0.2) is 11.9 Å². The summed E-state index contributed by atoms with van der Waals surface area (Å²) in [6, 6.07) is 17.4. The number of carboxylic acids is 1. The number of aromatic nitrogens is 2. The Morgan fingerprint density at radius 3 is 2.62 bits per heavy atom. The molecule has 11 heteroatoms. The number of hydrogen-bond donors (Lipinski definition) is 1. The van der Waals surface area contributed by atoms with Crippen LogP contribution in [0.3, 0.4) is 0 Å². The van der Waals surface area contributed by atoms with Crippen LogP contribution in [0.5, 0.6) is 5.75 Å². The molecule has 0 saturated carbocycles. The van der Waals surface area contributed by atoms with E-state index in [9.17, 15) is 9.59 Å². The third kappa shape index (κ3) is 5.04. The van der Waals surface area contributed by atoms with Crippen molar-refractivity contribution in [3.63, 3.8) is 0 Å². The molecular formula is C26H16Br2ClN3O5. The van der Waals surface area contributed by atoms with Gasteiger partial charge in [-0.05, 0) is 92.9 Å². The maximum absolute atomic E-state index is 13.4. The van der Waals surface area contributed by atoms with Crippen LogP contribution in [0.25, 0.3) is 33.5 Å². The normalized spacial score (nSPS) is 12.4. The topological polar surface area (TPSA) is 107 Å². The fourth-order valence-electron chi connectivity index (χ4n) is 3.63.